The van der Waals surface area contributed by atoms with E-state index in [2.05, 4.69) is 0 Å². The highest BCUT2D eigenvalue weighted by atomic mass is 16.2. The maximum Gasteiger partial charge on any atom is 0.332 e. The molecule has 7 heteroatoms. The molecule has 0 atom stereocenters. The zero-order chi connectivity index (χ0) is 20.8. The Balaban J connectivity index is 2.37. The van der Waals surface area contributed by atoms with Crippen molar-refractivity contribution < 1.29 is 4.79 Å². The Bertz CT molecular complexity index is 929. The van der Waals surface area contributed by atoms with E-state index in [1.54, 1.807) is 0 Å². The standard InChI is InChI=1S/C21H30N4O3/c1-5-11-24(13-16-9-7-6-8-10-16)14-17(26)18-19(22)25(12-15(2)3)21(28)23(4)20(18)27/h6-10,15H,5,11-14,22H2,1-4H3. The average Bonchev–Trinajstić information content (AvgIpc) is 2.64. The summed E-state index contributed by atoms with van der Waals surface area (Å²) in [7, 11) is 1.38. The number of aromatic nitrogens is 2. The third kappa shape index (κ3) is 4.98. The highest BCUT2D eigenvalue weighted by Crippen LogP contribution is 2.11. The molecule has 0 spiro atoms. The van der Waals surface area contributed by atoms with E-state index in [9.17, 15) is 14.4 Å². The van der Waals surface area contributed by atoms with Gasteiger partial charge in [0.2, 0.25) is 0 Å². The number of rotatable bonds is 9. The lowest BCUT2D eigenvalue weighted by molar-refractivity contribution is 0.0923. The van der Waals surface area contributed by atoms with E-state index < -0.39 is 11.2 Å². The maximum atomic E-state index is 13.0. The van der Waals surface area contributed by atoms with Crippen LogP contribution in [0.25, 0.3) is 0 Å². The largest absolute Gasteiger partial charge is 0.384 e. The average molecular weight is 386 g/mol. The first kappa shape index (κ1) is 21.6. The molecule has 1 heterocycles. The molecule has 2 aromatic rings. The van der Waals surface area contributed by atoms with Gasteiger partial charge in [0.15, 0.2) is 5.78 Å². The zero-order valence-corrected chi connectivity index (χ0v) is 17.1. The molecule has 0 radical (unpaired) electrons. The minimum absolute atomic E-state index is 0.0389. The van der Waals surface area contributed by atoms with E-state index in [4.69, 9.17) is 5.73 Å². The monoisotopic (exact) mass is 386 g/mol. The summed E-state index contributed by atoms with van der Waals surface area (Å²) in [5, 5.41) is 0. The Morgan fingerprint density at radius 3 is 2.39 bits per heavy atom. The first-order valence-electron chi connectivity index (χ1n) is 9.65. The van der Waals surface area contributed by atoms with E-state index in [-0.39, 0.29) is 29.6 Å². The third-order valence-electron chi connectivity index (χ3n) is 4.57. The van der Waals surface area contributed by atoms with Gasteiger partial charge in [-0.15, -0.1) is 0 Å². The van der Waals surface area contributed by atoms with Gasteiger partial charge in [-0.1, -0.05) is 51.1 Å². The van der Waals surface area contributed by atoms with Gasteiger partial charge >= 0.3 is 5.69 Å². The molecule has 0 saturated heterocycles. The number of hydrogen-bond donors (Lipinski definition) is 1. The fourth-order valence-electron chi connectivity index (χ4n) is 3.24. The van der Waals surface area contributed by atoms with Gasteiger partial charge in [-0.3, -0.25) is 23.6 Å². The van der Waals surface area contributed by atoms with Crippen molar-refractivity contribution in [2.75, 3.05) is 18.8 Å². The third-order valence-corrected chi connectivity index (χ3v) is 4.57. The van der Waals surface area contributed by atoms with Crippen LogP contribution in [0.3, 0.4) is 0 Å². The lowest BCUT2D eigenvalue weighted by Gasteiger charge is -2.22. The summed E-state index contributed by atoms with van der Waals surface area (Å²) in [6.45, 7) is 7.67. The molecule has 1 aromatic carbocycles. The summed E-state index contributed by atoms with van der Waals surface area (Å²) in [4.78, 5) is 40.0. The highest BCUT2D eigenvalue weighted by molar-refractivity contribution is 6.01. The molecule has 0 amide bonds. The van der Waals surface area contributed by atoms with Crippen LogP contribution in [0.15, 0.2) is 39.9 Å². The fourth-order valence-corrected chi connectivity index (χ4v) is 3.24. The van der Waals surface area contributed by atoms with Gasteiger partial charge in [-0.25, -0.2) is 4.79 Å². The second kappa shape index (κ2) is 9.50. The number of nitrogens with zero attached hydrogens (tertiary/aromatic N) is 3. The van der Waals surface area contributed by atoms with Crippen LogP contribution < -0.4 is 17.0 Å². The first-order valence-corrected chi connectivity index (χ1v) is 9.65. The lowest BCUT2D eigenvalue weighted by atomic mass is 10.1. The number of carbonyl (C=O) groups excluding carboxylic acids is 1. The normalized spacial score (nSPS) is 11.4. The molecule has 0 bridgehead atoms. The van der Waals surface area contributed by atoms with Crippen molar-refractivity contribution in [2.24, 2.45) is 13.0 Å². The number of Topliss-reactive ketones (excluding diaryl/α,β-unsaturated/α-hetero) is 1. The number of anilines is 1. The number of nitrogens with two attached hydrogens (primary N) is 1. The van der Waals surface area contributed by atoms with Crippen LogP contribution in [-0.2, 0) is 20.1 Å². The SMILES string of the molecule is CCCN(CC(=O)c1c(N)n(CC(C)C)c(=O)n(C)c1=O)Cc1ccccc1. The zero-order valence-electron chi connectivity index (χ0n) is 17.1. The van der Waals surface area contributed by atoms with Crippen LogP contribution in [0.1, 0.15) is 43.1 Å². The molecule has 0 aliphatic carbocycles. The lowest BCUT2D eigenvalue weighted by Crippen LogP contribution is -2.44. The molecule has 0 aliphatic rings. The van der Waals surface area contributed by atoms with E-state index >= 15 is 0 Å². The molecule has 7 nitrogen and oxygen atoms in total. The summed E-state index contributed by atoms with van der Waals surface area (Å²) in [6.07, 6.45) is 0.875. The predicted molar refractivity (Wildman–Crippen MR) is 112 cm³/mol. The van der Waals surface area contributed by atoms with Crippen LogP contribution >= 0.6 is 0 Å². The van der Waals surface area contributed by atoms with Crippen LogP contribution in [-0.4, -0.2) is 32.9 Å². The molecule has 0 aliphatic heterocycles. The second-order valence-corrected chi connectivity index (χ2v) is 7.53. The van der Waals surface area contributed by atoms with Crippen LogP contribution in [0.2, 0.25) is 0 Å². The number of hydrogen-bond acceptors (Lipinski definition) is 5. The second-order valence-electron chi connectivity index (χ2n) is 7.53. The van der Waals surface area contributed by atoms with Crippen molar-refractivity contribution >= 4 is 11.6 Å². The quantitative estimate of drug-likeness (QED) is 0.665. The number of ketones is 1. The van der Waals surface area contributed by atoms with E-state index in [1.165, 1.54) is 11.6 Å². The van der Waals surface area contributed by atoms with Crippen molar-refractivity contribution in [1.82, 2.24) is 14.0 Å². The van der Waals surface area contributed by atoms with Crippen molar-refractivity contribution in [2.45, 2.75) is 40.3 Å². The van der Waals surface area contributed by atoms with Gasteiger partial charge in [0.25, 0.3) is 5.56 Å². The van der Waals surface area contributed by atoms with Crippen molar-refractivity contribution in [3.63, 3.8) is 0 Å². The molecule has 0 unspecified atom stereocenters. The summed E-state index contributed by atoms with van der Waals surface area (Å²) in [6, 6.07) is 9.86. The molecule has 0 saturated carbocycles. The van der Waals surface area contributed by atoms with Crippen LogP contribution in [0, 0.1) is 5.92 Å². The van der Waals surface area contributed by atoms with Crippen molar-refractivity contribution in [3.8, 4) is 0 Å². The number of carbonyl (C=O) groups is 1. The van der Waals surface area contributed by atoms with Crippen LogP contribution in [0.4, 0.5) is 5.82 Å². The van der Waals surface area contributed by atoms with E-state index in [1.807, 2.05) is 56.0 Å². The molecule has 0 fully saturated rings. The molecule has 1 aromatic heterocycles. The van der Waals surface area contributed by atoms with E-state index in [0.29, 0.717) is 19.6 Å². The number of benzene rings is 1. The van der Waals surface area contributed by atoms with Crippen molar-refractivity contribution in [3.05, 3.63) is 62.3 Å². The van der Waals surface area contributed by atoms with Crippen LogP contribution in [0.5, 0.6) is 0 Å². The van der Waals surface area contributed by atoms with Gasteiger partial charge in [0, 0.05) is 20.1 Å². The Hall–Kier alpha value is -2.67. The highest BCUT2D eigenvalue weighted by Gasteiger charge is 2.23. The minimum Gasteiger partial charge on any atom is -0.384 e. The number of nitrogen functional groups attached to an aromatic ring is 1. The molecule has 2 N–H and O–H groups in total. The molecular formula is C21H30N4O3. The molecule has 152 valence electrons. The Morgan fingerprint density at radius 1 is 1.18 bits per heavy atom. The summed E-state index contributed by atoms with van der Waals surface area (Å²) < 4.78 is 2.29. The smallest absolute Gasteiger partial charge is 0.332 e. The summed E-state index contributed by atoms with van der Waals surface area (Å²) in [5.41, 5.74) is 5.97. The van der Waals surface area contributed by atoms with Gasteiger partial charge in [-0.05, 0) is 24.4 Å². The summed E-state index contributed by atoms with van der Waals surface area (Å²) >= 11 is 0. The molecular weight excluding hydrogens is 356 g/mol. The Kier molecular flexibility index (Phi) is 7.34. The van der Waals surface area contributed by atoms with Crippen molar-refractivity contribution in [1.29, 1.82) is 0 Å². The Labute approximate surface area is 165 Å². The molecule has 2 rings (SSSR count). The predicted octanol–water partition coefficient (Wildman–Crippen LogP) is 1.88. The first-order chi connectivity index (χ1) is 13.3. The summed E-state index contributed by atoms with van der Waals surface area (Å²) in [5.74, 6) is -0.252. The van der Waals surface area contributed by atoms with Gasteiger partial charge in [0.05, 0.1) is 6.54 Å². The topological polar surface area (TPSA) is 90.3 Å². The van der Waals surface area contributed by atoms with E-state index in [0.717, 1.165) is 16.6 Å². The molecule has 28 heavy (non-hydrogen) atoms. The van der Waals surface area contributed by atoms with Gasteiger partial charge in [-0.2, -0.15) is 0 Å². The van der Waals surface area contributed by atoms with Gasteiger partial charge < -0.3 is 5.73 Å². The maximum absolute atomic E-state index is 13.0. The minimum atomic E-state index is -0.635. The van der Waals surface area contributed by atoms with Gasteiger partial charge in [0.1, 0.15) is 11.4 Å². The fraction of sp³-hybridized carbons (Fsp3) is 0.476. The Morgan fingerprint density at radius 2 is 1.82 bits per heavy atom.